The van der Waals surface area contributed by atoms with Gasteiger partial charge in [-0.15, -0.1) is 0 Å². The fraction of sp³-hybridized carbons (Fsp3) is 0.286. The van der Waals surface area contributed by atoms with Gasteiger partial charge in [0.05, 0.1) is 6.26 Å². The molecule has 0 N–H and O–H groups in total. The number of ketones is 1. The lowest BCUT2D eigenvalue weighted by atomic mass is 10.2. The number of carbonyl (C=O) groups excluding carboxylic acids is 1. The zero-order valence-corrected chi connectivity index (χ0v) is 7.48. The minimum atomic E-state index is -2.90. The second kappa shape index (κ2) is 3.80. The van der Waals surface area contributed by atoms with Crippen LogP contribution in [0.1, 0.15) is 5.56 Å². The number of carbonyl (C=O) groups is 1. The van der Waals surface area contributed by atoms with Crippen LogP contribution >= 0.6 is 15.9 Å². The van der Waals surface area contributed by atoms with Gasteiger partial charge in [-0.2, -0.15) is 0 Å². The van der Waals surface area contributed by atoms with Crippen LogP contribution in [-0.4, -0.2) is 12.2 Å². The Bertz CT molecular complexity index is 283. The third kappa shape index (κ3) is 2.41. The molecule has 66 valence electrons. The highest BCUT2D eigenvalue weighted by Gasteiger charge is 2.16. The van der Waals surface area contributed by atoms with Gasteiger partial charge in [-0.3, -0.25) is 4.79 Å². The summed E-state index contributed by atoms with van der Waals surface area (Å²) in [6.45, 7) is 0. The first-order valence-electron chi connectivity index (χ1n) is 3.13. The minimum Gasteiger partial charge on any atom is -0.457 e. The van der Waals surface area contributed by atoms with Crippen molar-refractivity contribution >= 4 is 21.7 Å². The largest absolute Gasteiger partial charge is 0.457 e. The third-order valence-electron chi connectivity index (χ3n) is 1.24. The molecule has 2 nitrogen and oxygen atoms in total. The molecule has 0 aliphatic heterocycles. The molecule has 0 aliphatic carbocycles. The molecule has 1 rings (SSSR count). The average molecular weight is 239 g/mol. The summed E-state index contributed by atoms with van der Waals surface area (Å²) in [5.41, 5.74) is 0.451. The van der Waals surface area contributed by atoms with Gasteiger partial charge in [0.1, 0.15) is 0 Å². The van der Waals surface area contributed by atoms with E-state index in [1.807, 2.05) is 0 Å². The van der Waals surface area contributed by atoms with Crippen molar-refractivity contribution in [1.29, 1.82) is 0 Å². The van der Waals surface area contributed by atoms with E-state index >= 15 is 0 Å². The van der Waals surface area contributed by atoms with Crippen molar-refractivity contribution in [3.05, 3.63) is 22.6 Å². The Hall–Kier alpha value is -0.710. The standard InChI is InChI=1S/C7H5BrF2O2/c8-6-2-4(3-12-6)1-5(11)7(9)10/h2-3,7H,1H2. The van der Waals surface area contributed by atoms with E-state index in [0.717, 1.165) is 0 Å². The minimum absolute atomic E-state index is 0.285. The van der Waals surface area contributed by atoms with E-state index in [-0.39, 0.29) is 6.42 Å². The Morgan fingerprint density at radius 2 is 2.33 bits per heavy atom. The molecule has 0 atom stereocenters. The lowest BCUT2D eigenvalue weighted by Gasteiger charge is -1.93. The molecule has 0 aromatic carbocycles. The highest BCUT2D eigenvalue weighted by atomic mass is 79.9. The van der Waals surface area contributed by atoms with Gasteiger partial charge >= 0.3 is 0 Å². The highest BCUT2D eigenvalue weighted by molar-refractivity contribution is 9.10. The third-order valence-corrected chi connectivity index (χ3v) is 1.66. The molecule has 0 bridgehead atoms. The normalized spacial score (nSPS) is 10.7. The van der Waals surface area contributed by atoms with E-state index in [4.69, 9.17) is 4.42 Å². The summed E-state index contributed by atoms with van der Waals surface area (Å²) in [6, 6.07) is 1.49. The summed E-state index contributed by atoms with van der Waals surface area (Å²) in [6.07, 6.45) is -1.92. The molecular formula is C7H5BrF2O2. The molecule has 0 amide bonds. The van der Waals surface area contributed by atoms with Crippen molar-refractivity contribution in [2.45, 2.75) is 12.8 Å². The molecule has 12 heavy (non-hydrogen) atoms. The Kier molecular flexibility index (Phi) is 2.97. The van der Waals surface area contributed by atoms with E-state index in [2.05, 4.69) is 15.9 Å². The molecule has 0 radical (unpaired) electrons. The van der Waals surface area contributed by atoms with Gasteiger partial charge in [-0.05, 0) is 27.6 Å². The average Bonchev–Trinajstić information content (AvgIpc) is 2.35. The van der Waals surface area contributed by atoms with Gasteiger partial charge in [-0.25, -0.2) is 8.78 Å². The van der Waals surface area contributed by atoms with Crippen molar-refractivity contribution in [2.75, 3.05) is 0 Å². The van der Waals surface area contributed by atoms with E-state index in [9.17, 15) is 13.6 Å². The highest BCUT2D eigenvalue weighted by Crippen LogP contribution is 2.15. The van der Waals surface area contributed by atoms with Crippen molar-refractivity contribution in [2.24, 2.45) is 0 Å². The summed E-state index contributed by atoms with van der Waals surface area (Å²) in [5.74, 6) is -1.09. The van der Waals surface area contributed by atoms with Crippen LogP contribution in [0.2, 0.25) is 0 Å². The van der Waals surface area contributed by atoms with Gasteiger partial charge in [0.15, 0.2) is 4.67 Å². The number of Topliss-reactive ketones (excluding diaryl/α,β-unsaturated/α-hetero) is 1. The molecule has 0 unspecified atom stereocenters. The molecule has 0 fully saturated rings. The van der Waals surface area contributed by atoms with Crippen molar-refractivity contribution in [3.8, 4) is 0 Å². The number of halogens is 3. The van der Waals surface area contributed by atoms with Gasteiger partial charge in [0, 0.05) is 6.42 Å². The number of hydrogen-bond acceptors (Lipinski definition) is 2. The molecule has 1 aromatic rings. The van der Waals surface area contributed by atoms with Crippen LogP contribution in [0.25, 0.3) is 0 Å². The number of furan rings is 1. The zero-order chi connectivity index (χ0) is 9.14. The molecule has 0 aliphatic rings. The molecule has 0 spiro atoms. The van der Waals surface area contributed by atoms with Crippen LogP contribution in [0.5, 0.6) is 0 Å². The molecule has 1 heterocycles. The fourth-order valence-corrected chi connectivity index (χ4v) is 1.10. The van der Waals surface area contributed by atoms with Crippen LogP contribution in [0.15, 0.2) is 21.4 Å². The second-order valence-corrected chi connectivity index (χ2v) is 2.98. The predicted molar refractivity (Wildman–Crippen MR) is 41.1 cm³/mol. The van der Waals surface area contributed by atoms with Gasteiger partial charge < -0.3 is 4.42 Å². The van der Waals surface area contributed by atoms with Crippen molar-refractivity contribution < 1.29 is 18.0 Å². The Morgan fingerprint density at radius 1 is 1.67 bits per heavy atom. The maximum absolute atomic E-state index is 11.7. The van der Waals surface area contributed by atoms with Crippen molar-refractivity contribution in [3.63, 3.8) is 0 Å². The van der Waals surface area contributed by atoms with Crippen LogP contribution in [0, 0.1) is 0 Å². The number of hydrogen-bond donors (Lipinski definition) is 0. The van der Waals surface area contributed by atoms with E-state index in [0.29, 0.717) is 10.2 Å². The van der Waals surface area contributed by atoms with E-state index in [1.165, 1.54) is 12.3 Å². The first-order chi connectivity index (χ1) is 5.59. The van der Waals surface area contributed by atoms with Gasteiger partial charge in [-0.1, -0.05) is 0 Å². The molecule has 0 saturated carbocycles. The predicted octanol–water partition coefficient (Wildman–Crippen LogP) is 2.42. The monoisotopic (exact) mass is 238 g/mol. The molecule has 0 saturated heterocycles. The van der Waals surface area contributed by atoms with Crippen molar-refractivity contribution in [1.82, 2.24) is 0 Å². The van der Waals surface area contributed by atoms with E-state index < -0.39 is 12.2 Å². The maximum atomic E-state index is 11.7. The quantitative estimate of drug-likeness (QED) is 0.810. The van der Waals surface area contributed by atoms with Gasteiger partial charge in [0.2, 0.25) is 5.78 Å². The Morgan fingerprint density at radius 3 is 2.75 bits per heavy atom. The fourth-order valence-electron chi connectivity index (χ4n) is 0.717. The first kappa shape index (κ1) is 9.38. The SMILES string of the molecule is O=C(Cc1coc(Br)c1)C(F)F. The lowest BCUT2D eigenvalue weighted by molar-refractivity contribution is -0.128. The maximum Gasteiger partial charge on any atom is 0.296 e. The van der Waals surface area contributed by atoms with Crippen LogP contribution in [0.4, 0.5) is 8.78 Å². The number of rotatable bonds is 3. The second-order valence-electron chi connectivity index (χ2n) is 2.20. The molecular weight excluding hydrogens is 234 g/mol. The molecule has 1 aromatic heterocycles. The van der Waals surface area contributed by atoms with Crippen LogP contribution in [0.3, 0.4) is 0 Å². The van der Waals surface area contributed by atoms with E-state index in [1.54, 1.807) is 0 Å². The summed E-state index contributed by atoms with van der Waals surface area (Å²) >= 11 is 2.99. The Labute approximate surface area is 75.7 Å². The topological polar surface area (TPSA) is 30.2 Å². The first-order valence-corrected chi connectivity index (χ1v) is 3.92. The molecule has 5 heteroatoms. The smallest absolute Gasteiger partial charge is 0.296 e. The van der Waals surface area contributed by atoms with Gasteiger partial charge in [0.25, 0.3) is 6.43 Å². The zero-order valence-electron chi connectivity index (χ0n) is 5.89. The van der Waals surface area contributed by atoms with Crippen LogP contribution < -0.4 is 0 Å². The summed E-state index contributed by atoms with van der Waals surface area (Å²) in [7, 11) is 0. The lowest BCUT2D eigenvalue weighted by Crippen LogP contribution is -2.12. The Balaban J connectivity index is 2.58. The summed E-state index contributed by atoms with van der Waals surface area (Å²) < 4.78 is 28.7. The van der Waals surface area contributed by atoms with Crippen LogP contribution in [-0.2, 0) is 11.2 Å². The summed E-state index contributed by atoms with van der Waals surface area (Å²) in [5, 5.41) is 0. The number of alkyl halides is 2. The summed E-state index contributed by atoms with van der Waals surface area (Å²) in [4.78, 5) is 10.5.